The summed E-state index contributed by atoms with van der Waals surface area (Å²) in [6.07, 6.45) is 0. The molecule has 10 aromatic rings. The maximum absolute atomic E-state index is 2.38. The highest BCUT2D eigenvalue weighted by atomic mass is 15.1. The lowest BCUT2D eigenvalue weighted by Crippen LogP contribution is -2.09. The number of hydrogen-bond donors (Lipinski definition) is 0. The summed E-state index contributed by atoms with van der Waals surface area (Å²) in [7, 11) is 0. The zero-order valence-corrected chi connectivity index (χ0v) is 31.5. The van der Waals surface area contributed by atoms with Crippen LogP contribution in [0.5, 0.6) is 0 Å². The van der Waals surface area contributed by atoms with Crippen LogP contribution in [0.4, 0.5) is 34.1 Å². The molecule has 0 fully saturated rings. The topological polar surface area (TPSA) is 6.48 Å². The van der Waals surface area contributed by atoms with Gasteiger partial charge in [0.25, 0.3) is 0 Å². The smallest absolute Gasteiger partial charge is 0.0462 e. The zero-order valence-electron chi connectivity index (χ0n) is 31.5. The van der Waals surface area contributed by atoms with E-state index in [4.69, 9.17) is 0 Å². The van der Waals surface area contributed by atoms with Crippen molar-refractivity contribution < 1.29 is 0 Å². The van der Waals surface area contributed by atoms with Crippen molar-refractivity contribution in [2.24, 2.45) is 0 Å². The standard InChI is InChI=1S/C54H40N2/c1-37-35-51(39-23-27-45(28-24-39)55(41-15-7-3-8-16-41)42-17-9-4-10-18-42)49-34-32-48-38(2)36-52(50-33-31-47(37)53(49)54(48)50)40-25-29-46(30-26-40)56(43-19-11-5-12-20-43)44-21-13-6-14-22-44/h3-36H,1-2H3. The zero-order chi connectivity index (χ0) is 37.6. The number of nitrogens with zero attached hydrogens (tertiary/aromatic N) is 2. The van der Waals surface area contributed by atoms with Gasteiger partial charge in [-0.1, -0.05) is 133 Å². The molecule has 0 aliphatic carbocycles. The van der Waals surface area contributed by atoms with Crippen LogP contribution in [0.15, 0.2) is 206 Å². The lowest BCUT2D eigenvalue weighted by Gasteiger charge is -2.26. The highest BCUT2D eigenvalue weighted by Gasteiger charge is 2.19. The summed E-state index contributed by atoms with van der Waals surface area (Å²) in [5, 5.41) is 7.88. The van der Waals surface area contributed by atoms with E-state index in [1.54, 1.807) is 0 Å². The van der Waals surface area contributed by atoms with Gasteiger partial charge < -0.3 is 9.80 Å². The van der Waals surface area contributed by atoms with Crippen molar-refractivity contribution in [1.82, 2.24) is 0 Å². The monoisotopic (exact) mass is 716 g/mol. The van der Waals surface area contributed by atoms with Gasteiger partial charge in [-0.05, 0) is 152 Å². The molecule has 2 heteroatoms. The predicted molar refractivity (Wildman–Crippen MR) is 240 cm³/mol. The Bertz CT molecular complexity index is 2650. The van der Waals surface area contributed by atoms with Crippen molar-refractivity contribution in [2.45, 2.75) is 13.8 Å². The molecule has 0 saturated heterocycles. The molecule has 0 saturated carbocycles. The van der Waals surface area contributed by atoms with Gasteiger partial charge in [0.15, 0.2) is 0 Å². The SMILES string of the molecule is Cc1cc(-c2ccc(N(c3ccccc3)c3ccccc3)cc2)c2ccc3c(C)cc(-c4ccc(N(c5ccccc5)c5ccccc5)cc4)c4ccc1c2c34. The first-order chi connectivity index (χ1) is 27.6. The maximum Gasteiger partial charge on any atom is 0.0462 e. The van der Waals surface area contributed by atoms with Gasteiger partial charge in [0.1, 0.15) is 0 Å². The van der Waals surface area contributed by atoms with E-state index in [1.165, 1.54) is 65.7 Å². The van der Waals surface area contributed by atoms with Crippen LogP contribution < -0.4 is 9.80 Å². The average Bonchev–Trinajstić information content (AvgIpc) is 3.26. The first-order valence-corrected chi connectivity index (χ1v) is 19.4. The fourth-order valence-corrected chi connectivity index (χ4v) is 8.61. The summed E-state index contributed by atoms with van der Waals surface area (Å²) in [5.74, 6) is 0. The van der Waals surface area contributed by atoms with Crippen LogP contribution in [-0.2, 0) is 0 Å². The fraction of sp³-hybridized carbons (Fsp3) is 0.0370. The molecule has 0 spiro atoms. The molecular formula is C54H40N2. The van der Waals surface area contributed by atoms with E-state index in [-0.39, 0.29) is 0 Å². The minimum atomic E-state index is 1.13. The summed E-state index contributed by atoms with van der Waals surface area (Å²) in [4.78, 5) is 4.63. The fourth-order valence-electron chi connectivity index (χ4n) is 8.61. The first kappa shape index (κ1) is 33.4. The summed E-state index contributed by atoms with van der Waals surface area (Å²) >= 11 is 0. The Morgan fingerprint density at radius 3 is 0.839 bits per heavy atom. The Labute approximate surface area is 328 Å². The van der Waals surface area contributed by atoms with E-state index in [2.05, 4.69) is 230 Å². The number of benzene rings is 10. The van der Waals surface area contributed by atoms with Crippen LogP contribution in [0.2, 0.25) is 0 Å². The Kier molecular flexibility index (Phi) is 8.30. The minimum absolute atomic E-state index is 1.13. The largest absolute Gasteiger partial charge is 0.311 e. The minimum Gasteiger partial charge on any atom is -0.311 e. The number of hydrogen-bond acceptors (Lipinski definition) is 2. The first-order valence-electron chi connectivity index (χ1n) is 19.4. The predicted octanol–water partition coefficient (Wildman–Crippen LogP) is 15.5. The van der Waals surface area contributed by atoms with Gasteiger partial charge in [-0.2, -0.15) is 0 Å². The van der Waals surface area contributed by atoms with Gasteiger partial charge in [0.05, 0.1) is 0 Å². The van der Waals surface area contributed by atoms with Crippen LogP contribution in [0, 0.1) is 13.8 Å². The van der Waals surface area contributed by atoms with Crippen molar-refractivity contribution >= 4 is 66.4 Å². The van der Waals surface area contributed by atoms with Crippen LogP contribution in [0.3, 0.4) is 0 Å². The molecule has 10 rings (SSSR count). The van der Waals surface area contributed by atoms with E-state index in [1.807, 2.05) is 0 Å². The molecule has 0 bridgehead atoms. The Morgan fingerprint density at radius 2 is 0.536 bits per heavy atom. The number of para-hydroxylation sites is 4. The summed E-state index contributed by atoms with van der Waals surface area (Å²) in [6.45, 7) is 4.52. The van der Waals surface area contributed by atoms with Gasteiger partial charge in [-0.15, -0.1) is 0 Å². The van der Waals surface area contributed by atoms with Gasteiger partial charge in [-0.25, -0.2) is 0 Å². The Morgan fingerprint density at radius 1 is 0.268 bits per heavy atom. The molecule has 10 aromatic carbocycles. The van der Waals surface area contributed by atoms with Crippen molar-refractivity contribution in [2.75, 3.05) is 9.80 Å². The molecule has 0 unspecified atom stereocenters. The highest BCUT2D eigenvalue weighted by Crippen LogP contribution is 2.46. The molecule has 0 N–H and O–H groups in total. The molecular weight excluding hydrogens is 677 g/mol. The number of rotatable bonds is 8. The van der Waals surface area contributed by atoms with Gasteiger partial charge >= 0.3 is 0 Å². The van der Waals surface area contributed by atoms with Crippen LogP contribution >= 0.6 is 0 Å². The molecule has 0 aliphatic rings. The normalized spacial score (nSPS) is 11.4. The summed E-state index contributed by atoms with van der Waals surface area (Å²) in [6, 6.07) is 74.7. The maximum atomic E-state index is 2.38. The van der Waals surface area contributed by atoms with E-state index in [0.717, 1.165) is 34.1 Å². The average molecular weight is 717 g/mol. The molecule has 266 valence electrons. The molecule has 0 radical (unpaired) electrons. The molecule has 0 amide bonds. The van der Waals surface area contributed by atoms with Gasteiger partial charge in [-0.3, -0.25) is 0 Å². The second kappa shape index (κ2) is 13.9. The molecule has 0 aliphatic heterocycles. The second-order valence-corrected chi connectivity index (χ2v) is 14.7. The number of anilines is 6. The Balaban J connectivity index is 1.08. The third kappa shape index (κ3) is 5.75. The van der Waals surface area contributed by atoms with Crippen molar-refractivity contribution in [3.8, 4) is 22.3 Å². The third-order valence-corrected chi connectivity index (χ3v) is 11.2. The molecule has 0 heterocycles. The number of aryl methyl sites for hydroxylation is 2. The van der Waals surface area contributed by atoms with Gasteiger partial charge in [0.2, 0.25) is 0 Å². The van der Waals surface area contributed by atoms with Crippen LogP contribution in [-0.4, -0.2) is 0 Å². The van der Waals surface area contributed by atoms with E-state index < -0.39 is 0 Å². The van der Waals surface area contributed by atoms with E-state index >= 15 is 0 Å². The van der Waals surface area contributed by atoms with Crippen LogP contribution in [0.25, 0.3) is 54.6 Å². The van der Waals surface area contributed by atoms with Crippen molar-refractivity contribution in [3.63, 3.8) is 0 Å². The molecule has 2 nitrogen and oxygen atoms in total. The second-order valence-electron chi connectivity index (χ2n) is 14.7. The lowest BCUT2D eigenvalue weighted by atomic mass is 9.84. The third-order valence-electron chi connectivity index (χ3n) is 11.2. The van der Waals surface area contributed by atoms with Crippen LogP contribution in [0.1, 0.15) is 11.1 Å². The molecule has 0 atom stereocenters. The molecule has 56 heavy (non-hydrogen) atoms. The Hall–Kier alpha value is -7.16. The van der Waals surface area contributed by atoms with E-state index in [9.17, 15) is 0 Å². The lowest BCUT2D eigenvalue weighted by molar-refractivity contribution is 1.28. The van der Waals surface area contributed by atoms with Crippen molar-refractivity contribution in [1.29, 1.82) is 0 Å². The van der Waals surface area contributed by atoms with Crippen molar-refractivity contribution in [3.05, 3.63) is 217 Å². The van der Waals surface area contributed by atoms with Gasteiger partial charge in [0, 0.05) is 34.1 Å². The highest BCUT2D eigenvalue weighted by molar-refractivity contribution is 6.28. The summed E-state index contributed by atoms with van der Waals surface area (Å²) < 4.78 is 0. The quantitative estimate of drug-likeness (QED) is 0.144. The van der Waals surface area contributed by atoms with E-state index in [0.29, 0.717) is 0 Å². The molecule has 0 aromatic heterocycles. The summed E-state index contributed by atoms with van der Waals surface area (Å²) in [5.41, 5.74) is 14.3.